The van der Waals surface area contributed by atoms with Gasteiger partial charge in [0.05, 0.1) is 0 Å². The second kappa shape index (κ2) is 7.36. The Morgan fingerprint density at radius 1 is 0.862 bits per heavy atom. The second-order valence-corrected chi connectivity index (χ2v) is 7.78. The lowest BCUT2D eigenvalue weighted by atomic mass is 10.1. The molecule has 4 heteroatoms. The molecule has 2 N–H and O–H groups in total. The molecule has 29 heavy (non-hydrogen) atoms. The van der Waals surface area contributed by atoms with E-state index in [2.05, 4.69) is 85.7 Å². The quantitative estimate of drug-likeness (QED) is 0.305. The Bertz CT molecular complexity index is 1220. The normalized spacial score (nSPS) is 11.3. The molecule has 0 atom stereocenters. The summed E-state index contributed by atoms with van der Waals surface area (Å²) in [5.74, 6) is 0. The minimum absolute atomic E-state index is 0.788. The Hall–Kier alpha value is -3.14. The maximum absolute atomic E-state index is 6.30. The summed E-state index contributed by atoms with van der Waals surface area (Å²) in [6.45, 7) is 12.7. The van der Waals surface area contributed by atoms with Crippen LogP contribution in [0.2, 0.25) is 0 Å². The van der Waals surface area contributed by atoms with Crippen LogP contribution in [0, 0.1) is 20.8 Å². The third kappa shape index (κ3) is 3.29. The van der Waals surface area contributed by atoms with Gasteiger partial charge >= 0.3 is 0 Å². The molecule has 0 saturated carbocycles. The summed E-state index contributed by atoms with van der Waals surface area (Å²) in [5.41, 5.74) is 17.1. The highest BCUT2D eigenvalue weighted by molar-refractivity contribution is 5.87. The second-order valence-electron chi connectivity index (χ2n) is 7.78. The van der Waals surface area contributed by atoms with Crippen LogP contribution in [0.4, 0.5) is 11.4 Å². The molecule has 0 fully saturated rings. The van der Waals surface area contributed by atoms with Gasteiger partial charge in [-0.05, 0) is 63.4 Å². The van der Waals surface area contributed by atoms with Crippen LogP contribution in [0.15, 0.2) is 48.5 Å². The molecule has 0 aliphatic heterocycles. The zero-order valence-electron chi connectivity index (χ0n) is 18.0. The number of aromatic nitrogens is 2. The van der Waals surface area contributed by atoms with E-state index in [0.29, 0.717) is 0 Å². The molecule has 4 aromatic rings. The van der Waals surface area contributed by atoms with Gasteiger partial charge in [0, 0.05) is 48.7 Å². The Labute approximate surface area is 172 Å². The van der Waals surface area contributed by atoms with Gasteiger partial charge in [-0.1, -0.05) is 12.1 Å². The smallest absolute Gasteiger partial charge is 0.239 e. The third-order valence-electron chi connectivity index (χ3n) is 5.74. The molecule has 0 amide bonds. The maximum atomic E-state index is 6.30. The predicted molar refractivity (Wildman–Crippen MR) is 123 cm³/mol. The van der Waals surface area contributed by atoms with E-state index in [1.165, 1.54) is 16.8 Å². The molecule has 1 heterocycles. The van der Waals surface area contributed by atoms with Crippen molar-refractivity contribution in [1.82, 2.24) is 4.98 Å². The van der Waals surface area contributed by atoms with Gasteiger partial charge < -0.3 is 10.6 Å². The van der Waals surface area contributed by atoms with E-state index in [4.69, 9.17) is 10.7 Å². The number of rotatable bonds is 4. The largest absolute Gasteiger partial charge is 0.398 e. The molecule has 0 bridgehead atoms. The molecule has 148 valence electrons. The van der Waals surface area contributed by atoms with E-state index in [-0.39, 0.29) is 0 Å². The average molecular weight is 386 g/mol. The molecule has 0 aliphatic rings. The van der Waals surface area contributed by atoms with E-state index in [1.807, 2.05) is 6.92 Å². The van der Waals surface area contributed by atoms with Crippen LogP contribution in [-0.2, 0) is 0 Å². The van der Waals surface area contributed by atoms with E-state index in [1.54, 1.807) is 0 Å². The number of hydrogen-bond acceptors (Lipinski definition) is 3. The number of aryl methyl sites for hydroxylation is 3. The first kappa shape index (κ1) is 19.2. The van der Waals surface area contributed by atoms with Crippen molar-refractivity contribution >= 4 is 33.4 Å². The minimum atomic E-state index is 0.788. The van der Waals surface area contributed by atoms with Crippen molar-refractivity contribution in [3.05, 3.63) is 65.2 Å². The van der Waals surface area contributed by atoms with Crippen LogP contribution in [0.1, 0.15) is 30.5 Å². The van der Waals surface area contributed by atoms with E-state index < -0.39 is 0 Å². The summed E-state index contributed by atoms with van der Waals surface area (Å²) in [6.07, 6.45) is 0. The molecule has 0 radical (unpaired) electrons. The molecular weight excluding hydrogens is 356 g/mol. The summed E-state index contributed by atoms with van der Waals surface area (Å²) < 4.78 is 2.30. The van der Waals surface area contributed by atoms with Crippen molar-refractivity contribution in [1.29, 1.82) is 0 Å². The molecule has 0 saturated heterocycles. The highest BCUT2D eigenvalue weighted by Gasteiger charge is 2.22. The number of nitrogens with zero attached hydrogens (tertiary/aromatic N) is 3. The van der Waals surface area contributed by atoms with E-state index in [0.717, 1.165) is 52.1 Å². The summed E-state index contributed by atoms with van der Waals surface area (Å²) in [4.78, 5) is 7.40. The lowest BCUT2D eigenvalue weighted by Crippen LogP contribution is -2.34. The lowest BCUT2D eigenvalue weighted by Gasteiger charge is -2.23. The first-order valence-electron chi connectivity index (χ1n) is 10.3. The van der Waals surface area contributed by atoms with Crippen LogP contribution >= 0.6 is 0 Å². The number of benzene rings is 3. The average Bonchev–Trinajstić information content (AvgIpc) is 2.69. The number of nitrogens with two attached hydrogens (primary N) is 1. The Balaban J connectivity index is 2.17. The fraction of sp³-hybridized carbons (Fsp3) is 0.280. The van der Waals surface area contributed by atoms with Crippen molar-refractivity contribution in [3.63, 3.8) is 0 Å². The van der Waals surface area contributed by atoms with Crippen LogP contribution < -0.4 is 15.2 Å². The lowest BCUT2D eigenvalue weighted by molar-refractivity contribution is -0.538. The summed E-state index contributed by atoms with van der Waals surface area (Å²) in [5, 5.41) is 0. The van der Waals surface area contributed by atoms with Crippen molar-refractivity contribution in [3.8, 4) is 5.69 Å². The van der Waals surface area contributed by atoms with Gasteiger partial charge in [-0.15, -0.1) is 4.57 Å². The minimum Gasteiger partial charge on any atom is -0.398 e. The Kier molecular flexibility index (Phi) is 4.87. The monoisotopic (exact) mass is 385 g/mol. The predicted octanol–water partition coefficient (Wildman–Crippen LogP) is 5.02. The molecular formula is C25H29N4+. The topological polar surface area (TPSA) is 46.0 Å². The summed E-state index contributed by atoms with van der Waals surface area (Å²) in [7, 11) is 0. The number of fused-ring (bicyclic) bond motifs is 2. The third-order valence-corrected chi connectivity index (χ3v) is 5.74. The maximum Gasteiger partial charge on any atom is 0.239 e. The van der Waals surface area contributed by atoms with E-state index >= 15 is 0 Å². The Morgan fingerprint density at radius 3 is 2.17 bits per heavy atom. The SMILES string of the molecule is CCN(CC)c1cc2c(cc1C)nc1cc(C)c(N)cc1[n+]2-c1cccc(C)c1. The highest BCUT2D eigenvalue weighted by atomic mass is 15.1. The van der Waals surface area contributed by atoms with Crippen molar-refractivity contribution < 1.29 is 4.57 Å². The van der Waals surface area contributed by atoms with Crippen LogP contribution in [0.25, 0.3) is 27.8 Å². The van der Waals surface area contributed by atoms with Gasteiger partial charge in [-0.3, -0.25) is 0 Å². The fourth-order valence-electron chi connectivity index (χ4n) is 4.11. The Morgan fingerprint density at radius 2 is 1.52 bits per heavy atom. The first-order valence-corrected chi connectivity index (χ1v) is 10.3. The number of nitrogen functional groups attached to an aromatic ring is 1. The zero-order chi connectivity index (χ0) is 20.7. The summed E-state index contributed by atoms with van der Waals surface area (Å²) >= 11 is 0. The van der Waals surface area contributed by atoms with Crippen LogP contribution in [0.3, 0.4) is 0 Å². The van der Waals surface area contributed by atoms with Gasteiger partial charge in [-0.25, -0.2) is 4.98 Å². The molecule has 0 aliphatic carbocycles. The number of anilines is 2. The summed E-state index contributed by atoms with van der Waals surface area (Å²) in [6, 6.07) is 17.2. The van der Waals surface area contributed by atoms with Crippen molar-refractivity contribution in [2.75, 3.05) is 23.7 Å². The van der Waals surface area contributed by atoms with Gasteiger partial charge in [0.25, 0.3) is 0 Å². The van der Waals surface area contributed by atoms with Gasteiger partial charge in [0.1, 0.15) is 11.0 Å². The fourth-order valence-corrected chi connectivity index (χ4v) is 4.11. The molecule has 1 aromatic heterocycles. The molecule has 0 spiro atoms. The zero-order valence-corrected chi connectivity index (χ0v) is 18.0. The number of hydrogen-bond donors (Lipinski definition) is 1. The molecule has 4 rings (SSSR count). The van der Waals surface area contributed by atoms with Gasteiger partial charge in [-0.2, -0.15) is 0 Å². The van der Waals surface area contributed by atoms with E-state index in [9.17, 15) is 0 Å². The van der Waals surface area contributed by atoms with Gasteiger partial charge in [0.15, 0.2) is 0 Å². The van der Waals surface area contributed by atoms with Crippen molar-refractivity contribution in [2.24, 2.45) is 0 Å². The van der Waals surface area contributed by atoms with Gasteiger partial charge in [0.2, 0.25) is 16.7 Å². The molecule has 0 unspecified atom stereocenters. The van der Waals surface area contributed by atoms with Crippen LogP contribution in [0.5, 0.6) is 0 Å². The molecule has 3 aromatic carbocycles. The standard InChI is InChI=1S/C25H28N4/c1-6-28(7-2)23-15-25-22(13-18(23)5)27-21-12-17(4)20(26)14-24(21)29(25)19-10-8-9-16(3)11-19/h8-15,26H,6-7H2,1-5H3/p+1. The highest BCUT2D eigenvalue weighted by Crippen LogP contribution is 2.28. The van der Waals surface area contributed by atoms with Crippen molar-refractivity contribution in [2.45, 2.75) is 34.6 Å². The first-order chi connectivity index (χ1) is 13.9. The molecule has 4 nitrogen and oxygen atoms in total. The van der Waals surface area contributed by atoms with Crippen LogP contribution in [-0.4, -0.2) is 18.1 Å².